The number of amides is 1. The second kappa shape index (κ2) is 7.31. The summed E-state index contributed by atoms with van der Waals surface area (Å²) in [5.74, 6) is -0.589. The minimum Gasteiger partial charge on any atom is -0.482 e. The molecule has 1 aromatic rings. The first-order valence-electron chi connectivity index (χ1n) is 6.48. The van der Waals surface area contributed by atoms with E-state index in [0.717, 1.165) is 5.56 Å². The van der Waals surface area contributed by atoms with Crippen molar-refractivity contribution in [3.8, 4) is 5.75 Å². The molecule has 1 amide bonds. The van der Waals surface area contributed by atoms with Crippen LogP contribution in [0.15, 0.2) is 18.2 Å². The van der Waals surface area contributed by atoms with Crippen molar-refractivity contribution in [2.24, 2.45) is 5.92 Å². The minimum atomic E-state index is -4.43. The lowest BCUT2D eigenvalue weighted by Gasteiger charge is -2.16. The second-order valence-corrected chi connectivity index (χ2v) is 4.85. The van der Waals surface area contributed by atoms with Crippen LogP contribution < -0.4 is 15.4 Å². The number of carbonyl (C=O) groups excluding carboxylic acids is 1. The predicted octanol–water partition coefficient (Wildman–Crippen LogP) is 2.73. The molecule has 1 unspecified atom stereocenters. The fourth-order valence-corrected chi connectivity index (χ4v) is 1.67. The third-order valence-electron chi connectivity index (χ3n) is 2.74. The second-order valence-electron chi connectivity index (χ2n) is 4.85. The summed E-state index contributed by atoms with van der Waals surface area (Å²) in [6.07, 6.45) is -4.43. The quantitative estimate of drug-likeness (QED) is 0.849. The number of anilines is 1. The van der Waals surface area contributed by atoms with Crippen LogP contribution in [-0.2, 0) is 4.79 Å². The molecule has 0 saturated carbocycles. The van der Waals surface area contributed by atoms with E-state index >= 15 is 0 Å². The fourth-order valence-electron chi connectivity index (χ4n) is 1.67. The summed E-state index contributed by atoms with van der Waals surface area (Å²) in [6, 6.07) is 4.69. The van der Waals surface area contributed by atoms with Crippen LogP contribution in [0, 0.1) is 12.8 Å². The number of benzene rings is 1. The Labute approximate surface area is 121 Å². The number of halogens is 3. The molecular weight excluding hydrogens is 285 g/mol. The number of nitrogens with one attached hydrogen (secondary N) is 2. The number of alkyl halides is 3. The maximum absolute atomic E-state index is 12.2. The Morgan fingerprint density at radius 3 is 2.62 bits per heavy atom. The average molecular weight is 304 g/mol. The molecule has 118 valence electrons. The largest absolute Gasteiger partial charge is 0.482 e. The van der Waals surface area contributed by atoms with Gasteiger partial charge in [-0.2, -0.15) is 13.2 Å². The summed E-state index contributed by atoms with van der Waals surface area (Å²) < 4.78 is 41.5. The molecule has 0 aliphatic heterocycles. The highest BCUT2D eigenvalue weighted by molar-refractivity contribution is 5.93. The first kappa shape index (κ1) is 17.3. The molecule has 1 rings (SSSR count). The van der Waals surface area contributed by atoms with Crippen LogP contribution in [0.5, 0.6) is 5.75 Å². The molecule has 21 heavy (non-hydrogen) atoms. The van der Waals surface area contributed by atoms with Crippen molar-refractivity contribution in [2.75, 3.05) is 25.5 Å². The molecule has 0 bridgehead atoms. The van der Waals surface area contributed by atoms with Gasteiger partial charge in [-0.1, -0.05) is 13.0 Å². The number of ether oxygens (including phenoxy) is 1. The van der Waals surface area contributed by atoms with E-state index in [1.807, 2.05) is 0 Å². The van der Waals surface area contributed by atoms with Crippen LogP contribution in [0.2, 0.25) is 0 Å². The lowest BCUT2D eigenvalue weighted by Crippen LogP contribution is -2.29. The van der Waals surface area contributed by atoms with Crippen LogP contribution in [-0.4, -0.2) is 32.3 Å². The summed E-state index contributed by atoms with van der Waals surface area (Å²) in [5, 5.41) is 5.45. The van der Waals surface area contributed by atoms with Gasteiger partial charge in [0.25, 0.3) is 0 Å². The number of hydrogen-bond donors (Lipinski definition) is 2. The van der Waals surface area contributed by atoms with Gasteiger partial charge in [-0.3, -0.25) is 4.79 Å². The van der Waals surface area contributed by atoms with Crippen LogP contribution in [0.25, 0.3) is 0 Å². The summed E-state index contributed by atoms with van der Waals surface area (Å²) in [5.41, 5.74) is 0.978. The van der Waals surface area contributed by atoms with E-state index in [0.29, 0.717) is 6.54 Å². The van der Waals surface area contributed by atoms with E-state index in [1.54, 1.807) is 27.0 Å². The van der Waals surface area contributed by atoms with E-state index in [1.165, 1.54) is 12.1 Å². The zero-order valence-electron chi connectivity index (χ0n) is 12.2. The van der Waals surface area contributed by atoms with Crippen LogP contribution in [0.4, 0.5) is 18.9 Å². The summed E-state index contributed by atoms with van der Waals surface area (Å²) in [6.45, 7) is 2.52. The Kier molecular flexibility index (Phi) is 6.02. The Hall–Kier alpha value is -1.76. The van der Waals surface area contributed by atoms with E-state index in [2.05, 4.69) is 10.6 Å². The number of hydrogen-bond acceptors (Lipinski definition) is 3. The van der Waals surface area contributed by atoms with E-state index in [-0.39, 0.29) is 23.3 Å². The van der Waals surface area contributed by atoms with Gasteiger partial charge < -0.3 is 15.4 Å². The van der Waals surface area contributed by atoms with Crippen molar-refractivity contribution in [2.45, 2.75) is 20.0 Å². The lowest BCUT2D eigenvalue weighted by atomic mass is 10.1. The van der Waals surface area contributed by atoms with Gasteiger partial charge in [-0.05, 0) is 31.7 Å². The molecule has 0 heterocycles. The molecule has 0 aromatic heterocycles. The van der Waals surface area contributed by atoms with Crippen molar-refractivity contribution in [1.82, 2.24) is 5.32 Å². The van der Waals surface area contributed by atoms with Gasteiger partial charge in [0.1, 0.15) is 5.75 Å². The summed E-state index contributed by atoms with van der Waals surface area (Å²) in [7, 11) is 1.72. The summed E-state index contributed by atoms with van der Waals surface area (Å²) >= 11 is 0. The Balaban J connectivity index is 2.84. The molecule has 0 radical (unpaired) electrons. The molecule has 0 saturated heterocycles. The zero-order valence-corrected chi connectivity index (χ0v) is 12.2. The minimum absolute atomic E-state index is 0.0114. The highest BCUT2D eigenvalue weighted by Gasteiger charge is 2.29. The monoisotopic (exact) mass is 304 g/mol. The molecular formula is C14H19F3N2O2. The third-order valence-corrected chi connectivity index (χ3v) is 2.74. The van der Waals surface area contributed by atoms with E-state index < -0.39 is 12.8 Å². The molecule has 4 nitrogen and oxygen atoms in total. The van der Waals surface area contributed by atoms with Gasteiger partial charge in [0.05, 0.1) is 5.69 Å². The van der Waals surface area contributed by atoms with E-state index in [9.17, 15) is 18.0 Å². The van der Waals surface area contributed by atoms with Gasteiger partial charge in [0, 0.05) is 12.5 Å². The van der Waals surface area contributed by atoms with Gasteiger partial charge in [0.15, 0.2) is 6.61 Å². The number of carbonyl (C=O) groups is 1. The van der Waals surface area contributed by atoms with Crippen molar-refractivity contribution in [3.05, 3.63) is 23.8 Å². The first-order chi connectivity index (χ1) is 9.73. The van der Waals surface area contributed by atoms with Gasteiger partial charge in [-0.15, -0.1) is 0 Å². The Morgan fingerprint density at radius 2 is 2.05 bits per heavy atom. The average Bonchev–Trinajstić information content (AvgIpc) is 2.38. The topological polar surface area (TPSA) is 50.4 Å². The predicted molar refractivity (Wildman–Crippen MR) is 74.4 cm³/mol. The fraction of sp³-hybridized carbons (Fsp3) is 0.500. The van der Waals surface area contributed by atoms with Gasteiger partial charge in [-0.25, -0.2) is 0 Å². The molecule has 0 fully saturated rings. The number of aryl methyl sites for hydroxylation is 1. The summed E-state index contributed by atoms with van der Waals surface area (Å²) in [4.78, 5) is 11.9. The first-order valence-corrected chi connectivity index (χ1v) is 6.48. The van der Waals surface area contributed by atoms with Crippen molar-refractivity contribution >= 4 is 11.6 Å². The van der Waals surface area contributed by atoms with Crippen molar-refractivity contribution in [1.29, 1.82) is 0 Å². The SMILES string of the molecule is CNCC(C)C(=O)Nc1ccc(C)cc1OCC(F)(F)F. The lowest BCUT2D eigenvalue weighted by molar-refractivity contribution is -0.153. The molecule has 0 aliphatic carbocycles. The molecule has 7 heteroatoms. The highest BCUT2D eigenvalue weighted by atomic mass is 19.4. The van der Waals surface area contributed by atoms with Crippen LogP contribution >= 0.6 is 0 Å². The Morgan fingerprint density at radius 1 is 1.38 bits per heavy atom. The van der Waals surface area contributed by atoms with Crippen LogP contribution in [0.1, 0.15) is 12.5 Å². The maximum atomic E-state index is 12.2. The third kappa shape index (κ3) is 6.03. The number of rotatable bonds is 6. The normalized spacial score (nSPS) is 12.9. The van der Waals surface area contributed by atoms with Gasteiger partial charge >= 0.3 is 6.18 Å². The van der Waals surface area contributed by atoms with E-state index in [4.69, 9.17) is 4.74 Å². The smallest absolute Gasteiger partial charge is 0.422 e. The molecule has 2 N–H and O–H groups in total. The Bertz CT molecular complexity index is 490. The maximum Gasteiger partial charge on any atom is 0.422 e. The van der Waals surface area contributed by atoms with Gasteiger partial charge in [0.2, 0.25) is 5.91 Å². The molecule has 1 aromatic carbocycles. The van der Waals surface area contributed by atoms with Crippen molar-refractivity contribution in [3.63, 3.8) is 0 Å². The molecule has 0 aliphatic rings. The highest BCUT2D eigenvalue weighted by Crippen LogP contribution is 2.28. The molecule has 1 atom stereocenters. The molecule has 0 spiro atoms. The standard InChI is InChI=1S/C14H19F3N2O2/c1-9-4-5-11(19-13(20)10(2)7-18-3)12(6-9)21-8-14(15,16)17/h4-6,10,18H,7-8H2,1-3H3,(H,19,20). The zero-order chi connectivity index (χ0) is 16.0. The van der Waals surface area contributed by atoms with Crippen molar-refractivity contribution < 1.29 is 22.7 Å². The van der Waals surface area contributed by atoms with Crippen LogP contribution in [0.3, 0.4) is 0 Å².